The van der Waals surface area contributed by atoms with E-state index in [0.717, 1.165) is 31.6 Å². The van der Waals surface area contributed by atoms with E-state index in [4.69, 9.17) is 4.74 Å². The van der Waals surface area contributed by atoms with Crippen LogP contribution in [0.1, 0.15) is 77.0 Å². The average Bonchev–Trinajstić information content (AvgIpc) is 3.20. The number of hydrogen-bond acceptors (Lipinski definition) is 3. The first-order valence-corrected chi connectivity index (χ1v) is 12.1. The highest BCUT2D eigenvalue weighted by molar-refractivity contribution is 14.0. The van der Waals surface area contributed by atoms with Crippen molar-refractivity contribution in [2.24, 2.45) is 10.9 Å². The van der Waals surface area contributed by atoms with Crippen molar-refractivity contribution in [1.82, 2.24) is 15.1 Å². The van der Waals surface area contributed by atoms with Crippen LogP contribution in [-0.4, -0.2) is 74.8 Å². The fraction of sp³-hybridized carbons (Fsp3) is 0.957. The van der Waals surface area contributed by atoms with Crippen LogP contribution < -0.4 is 5.32 Å². The van der Waals surface area contributed by atoms with Crippen molar-refractivity contribution < 1.29 is 4.74 Å². The minimum absolute atomic E-state index is 0. The lowest BCUT2D eigenvalue weighted by atomic mass is 9.98. The second kappa shape index (κ2) is 14.8. The zero-order valence-corrected chi connectivity index (χ0v) is 21.1. The number of unbranched alkanes of at least 4 members (excludes halogenated alkanes) is 2. The summed E-state index contributed by atoms with van der Waals surface area (Å²) in [5.41, 5.74) is 0. The molecule has 0 aromatic rings. The Bertz CT molecular complexity index is 450. The van der Waals surface area contributed by atoms with Crippen LogP contribution in [0.25, 0.3) is 0 Å². The van der Waals surface area contributed by atoms with E-state index >= 15 is 0 Å². The summed E-state index contributed by atoms with van der Waals surface area (Å²) in [6.07, 6.45) is 16.4. The molecule has 0 amide bonds. The molecule has 1 unspecified atom stereocenters. The van der Waals surface area contributed by atoms with Crippen molar-refractivity contribution in [3.63, 3.8) is 0 Å². The van der Waals surface area contributed by atoms with Crippen molar-refractivity contribution in [2.45, 2.75) is 83.2 Å². The maximum absolute atomic E-state index is 6.03. The molecule has 1 aliphatic carbocycles. The van der Waals surface area contributed by atoms with Gasteiger partial charge in [0.1, 0.15) is 0 Å². The lowest BCUT2D eigenvalue weighted by Crippen LogP contribution is -2.41. The summed E-state index contributed by atoms with van der Waals surface area (Å²) in [6, 6.07) is 0. The highest BCUT2D eigenvalue weighted by atomic mass is 127. The van der Waals surface area contributed by atoms with Crippen LogP contribution in [0.4, 0.5) is 0 Å². The first kappa shape index (κ1) is 25.2. The first-order valence-electron chi connectivity index (χ1n) is 12.1. The molecule has 2 saturated heterocycles. The SMILES string of the molecule is CN=C(NCCCCCOC1CCCCC1)N1CCC(CN2CCCCC2)C1.I. The number of halogens is 1. The second-order valence-corrected chi connectivity index (χ2v) is 9.13. The fourth-order valence-corrected chi connectivity index (χ4v) is 5.10. The van der Waals surface area contributed by atoms with Gasteiger partial charge in [-0.2, -0.15) is 0 Å². The average molecular weight is 521 g/mol. The summed E-state index contributed by atoms with van der Waals surface area (Å²) in [5, 5.41) is 3.60. The minimum atomic E-state index is 0. The number of piperidine rings is 1. The molecule has 1 saturated carbocycles. The van der Waals surface area contributed by atoms with Gasteiger partial charge in [0.05, 0.1) is 6.10 Å². The van der Waals surface area contributed by atoms with Crippen LogP contribution >= 0.6 is 24.0 Å². The number of hydrogen-bond donors (Lipinski definition) is 1. The quantitative estimate of drug-likeness (QED) is 0.210. The van der Waals surface area contributed by atoms with Crippen molar-refractivity contribution in [2.75, 3.05) is 52.9 Å². The van der Waals surface area contributed by atoms with E-state index < -0.39 is 0 Å². The lowest BCUT2D eigenvalue weighted by Gasteiger charge is -2.29. The smallest absolute Gasteiger partial charge is 0.193 e. The maximum atomic E-state index is 6.03. The molecule has 1 atom stereocenters. The second-order valence-electron chi connectivity index (χ2n) is 9.13. The molecule has 3 rings (SSSR count). The van der Waals surface area contributed by atoms with E-state index in [1.807, 2.05) is 7.05 Å². The molecule has 2 heterocycles. The summed E-state index contributed by atoms with van der Waals surface area (Å²) in [4.78, 5) is 9.70. The molecule has 29 heavy (non-hydrogen) atoms. The Morgan fingerprint density at radius 3 is 2.45 bits per heavy atom. The summed E-state index contributed by atoms with van der Waals surface area (Å²) < 4.78 is 6.03. The molecule has 0 aromatic carbocycles. The molecule has 170 valence electrons. The third-order valence-corrected chi connectivity index (χ3v) is 6.77. The number of nitrogens with one attached hydrogen (secondary N) is 1. The van der Waals surface area contributed by atoms with Crippen LogP contribution in [0.5, 0.6) is 0 Å². The Hall–Kier alpha value is -0.0800. The molecule has 3 aliphatic rings. The Kier molecular flexibility index (Phi) is 12.9. The highest BCUT2D eigenvalue weighted by Crippen LogP contribution is 2.21. The Balaban J connectivity index is 0.00000300. The molecule has 1 N–H and O–H groups in total. The Morgan fingerprint density at radius 2 is 1.69 bits per heavy atom. The van der Waals surface area contributed by atoms with E-state index in [2.05, 4.69) is 20.1 Å². The predicted octanol–water partition coefficient (Wildman–Crippen LogP) is 4.51. The molecule has 3 fully saturated rings. The van der Waals surface area contributed by atoms with Gasteiger partial charge in [0.25, 0.3) is 0 Å². The lowest BCUT2D eigenvalue weighted by molar-refractivity contribution is 0.0264. The third kappa shape index (κ3) is 9.30. The van der Waals surface area contributed by atoms with Crippen LogP contribution in [-0.2, 0) is 4.74 Å². The van der Waals surface area contributed by atoms with Crippen LogP contribution in [0, 0.1) is 5.92 Å². The van der Waals surface area contributed by atoms with E-state index in [9.17, 15) is 0 Å². The van der Waals surface area contributed by atoms with Crippen molar-refractivity contribution >= 4 is 29.9 Å². The molecule has 0 bridgehead atoms. The van der Waals surface area contributed by atoms with E-state index in [1.165, 1.54) is 103 Å². The predicted molar refractivity (Wildman–Crippen MR) is 133 cm³/mol. The van der Waals surface area contributed by atoms with Gasteiger partial charge in [0, 0.05) is 39.8 Å². The van der Waals surface area contributed by atoms with Gasteiger partial charge in [0.15, 0.2) is 5.96 Å². The molecule has 0 spiro atoms. The normalized spacial score (nSPS) is 24.5. The highest BCUT2D eigenvalue weighted by Gasteiger charge is 2.26. The first-order chi connectivity index (χ1) is 13.8. The number of ether oxygens (including phenoxy) is 1. The topological polar surface area (TPSA) is 40.1 Å². The van der Waals surface area contributed by atoms with Crippen LogP contribution in [0.15, 0.2) is 4.99 Å². The molecule has 5 nitrogen and oxygen atoms in total. The third-order valence-electron chi connectivity index (χ3n) is 6.77. The fourth-order valence-electron chi connectivity index (χ4n) is 5.10. The maximum Gasteiger partial charge on any atom is 0.193 e. The molecule has 0 radical (unpaired) electrons. The summed E-state index contributed by atoms with van der Waals surface area (Å²) >= 11 is 0. The molecule has 0 aromatic heterocycles. The van der Waals surface area contributed by atoms with Gasteiger partial charge in [-0.1, -0.05) is 25.7 Å². The Morgan fingerprint density at radius 1 is 0.931 bits per heavy atom. The standard InChI is InChI=1S/C23H44N4O.HI/c1-24-23(25-14-7-3-10-18-28-22-11-5-2-6-12-22)27-17-13-21(20-27)19-26-15-8-4-9-16-26;/h21-22H,2-20H2,1H3,(H,24,25);1H. The molecule has 6 heteroatoms. The van der Waals surface area contributed by atoms with E-state index in [1.54, 1.807) is 0 Å². The number of guanidine groups is 1. The number of aliphatic imine (C=N–C) groups is 1. The van der Waals surface area contributed by atoms with E-state index in [-0.39, 0.29) is 24.0 Å². The van der Waals surface area contributed by atoms with Gasteiger partial charge >= 0.3 is 0 Å². The van der Waals surface area contributed by atoms with Crippen LogP contribution in [0.2, 0.25) is 0 Å². The van der Waals surface area contributed by atoms with Gasteiger partial charge in [0.2, 0.25) is 0 Å². The van der Waals surface area contributed by atoms with Gasteiger partial charge in [-0.25, -0.2) is 0 Å². The summed E-state index contributed by atoms with van der Waals surface area (Å²) in [6.45, 7) is 8.22. The zero-order chi connectivity index (χ0) is 19.4. The molecular formula is C23H45IN4O. The number of nitrogens with zero attached hydrogens (tertiary/aromatic N) is 3. The summed E-state index contributed by atoms with van der Waals surface area (Å²) in [7, 11) is 1.93. The largest absolute Gasteiger partial charge is 0.378 e. The molecular weight excluding hydrogens is 475 g/mol. The molecule has 2 aliphatic heterocycles. The van der Waals surface area contributed by atoms with Crippen LogP contribution in [0.3, 0.4) is 0 Å². The monoisotopic (exact) mass is 520 g/mol. The van der Waals surface area contributed by atoms with Crippen molar-refractivity contribution in [1.29, 1.82) is 0 Å². The van der Waals surface area contributed by atoms with Gasteiger partial charge in [-0.05, 0) is 70.4 Å². The summed E-state index contributed by atoms with van der Waals surface area (Å²) in [5.74, 6) is 1.92. The van der Waals surface area contributed by atoms with Gasteiger partial charge < -0.3 is 19.9 Å². The number of likely N-dealkylation sites (tertiary alicyclic amines) is 2. The minimum Gasteiger partial charge on any atom is -0.378 e. The number of rotatable bonds is 9. The Labute approximate surface area is 196 Å². The van der Waals surface area contributed by atoms with Crippen molar-refractivity contribution in [3.8, 4) is 0 Å². The van der Waals surface area contributed by atoms with Gasteiger partial charge in [-0.15, -0.1) is 24.0 Å². The zero-order valence-electron chi connectivity index (χ0n) is 18.7. The van der Waals surface area contributed by atoms with E-state index in [0.29, 0.717) is 6.10 Å². The van der Waals surface area contributed by atoms with Crippen molar-refractivity contribution in [3.05, 3.63) is 0 Å². The van der Waals surface area contributed by atoms with Gasteiger partial charge in [-0.3, -0.25) is 4.99 Å².